The molecule has 0 aliphatic heterocycles. The Morgan fingerprint density at radius 3 is 2.30 bits per heavy atom. The van der Waals surface area contributed by atoms with Gasteiger partial charge in [-0.15, -0.1) is 11.3 Å². The van der Waals surface area contributed by atoms with Gasteiger partial charge in [0.15, 0.2) is 0 Å². The van der Waals surface area contributed by atoms with Gasteiger partial charge >= 0.3 is 0 Å². The van der Waals surface area contributed by atoms with E-state index in [4.69, 9.17) is 15.3 Å². The fourth-order valence-corrected chi connectivity index (χ4v) is 3.49. The number of rotatable bonds is 6. The molecule has 2 rings (SSSR count). The molecule has 0 saturated carbocycles. The lowest BCUT2D eigenvalue weighted by Crippen LogP contribution is -2.29. The number of nitrogens with two attached hydrogens (primary N) is 1. The summed E-state index contributed by atoms with van der Waals surface area (Å²) in [5, 5.41) is 0. The van der Waals surface area contributed by atoms with Crippen LogP contribution in [0.3, 0.4) is 0 Å². The van der Waals surface area contributed by atoms with E-state index in [1.165, 1.54) is 4.88 Å². The molecule has 108 valence electrons. The SMILES string of the molecule is COc1cc(OC)cc(C(Cc2ccc(Br)s2)NN)c1. The van der Waals surface area contributed by atoms with E-state index < -0.39 is 0 Å². The van der Waals surface area contributed by atoms with Crippen LogP contribution in [0.4, 0.5) is 0 Å². The topological polar surface area (TPSA) is 56.5 Å². The molecule has 0 amide bonds. The Labute approximate surface area is 131 Å². The standard InChI is InChI=1S/C14H17BrN2O2S/c1-18-10-5-9(6-11(7-10)19-2)13(17-16)8-12-3-4-14(15)20-12/h3-7,13,17H,8,16H2,1-2H3. The summed E-state index contributed by atoms with van der Waals surface area (Å²) in [6.45, 7) is 0. The van der Waals surface area contributed by atoms with Crippen molar-refractivity contribution in [3.63, 3.8) is 0 Å². The van der Waals surface area contributed by atoms with Gasteiger partial charge in [0.25, 0.3) is 0 Å². The van der Waals surface area contributed by atoms with Crippen molar-refractivity contribution in [2.45, 2.75) is 12.5 Å². The first kappa shape index (κ1) is 15.3. The molecule has 0 bridgehead atoms. The van der Waals surface area contributed by atoms with Gasteiger partial charge in [-0.05, 0) is 45.8 Å². The van der Waals surface area contributed by atoms with Crippen LogP contribution >= 0.6 is 27.3 Å². The van der Waals surface area contributed by atoms with Crippen molar-refractivity contribution in [1.82, 2.24) is 5.43 Å². The predicted octanol–water partition coefficient (Wildman–Crippen LogP) is 3.27. The summed E-state index contributed by atoms with van der Waals surface area (Å²) < 4.78 is 11.7. The Morgan fingerprint density at radius 1 is 1.20 bits per heavy atom. The molecule has 1 aromatic heterocycles. The van der Waals surface area contributed by atoms with Crippen molar-refractivity contribution in [2.75, 3.05) is 14.2 Å². The second-order valence-corrected chi connectivity index (χ2v) is 6.82. The average molecular weight is 357 g/mol. The third kappa shape index (κ3) is 3.73. The van der Waals surface area contributed by atoms with Gasteiger partial charge in [-0.3, -0.25) is 11.3 Å². The molecule has 3 N–H and O–H groups in total. The molecule has 0 radical (unpaired) electrons. The number of hydrogen-bond acceptors (Lipinski definition) is 5. The quantitative estimate of drug-likeness (QED) is 0.615. The normalized spacial score (nSPS) is 12.2. The Hall–Kier alpha value is -1.08. The molecule has 0 saturated heterocycles. The molecule has 0 fully saturated rings. The highest BCUT2D eigenvalue weighted by molar-refractivity contribution is 9.11. The van der Waals surface area contributed by atoms with E-state index in [1.807, 2.05) is 24.3 Å². The number of halogens is 1. The summed E-state index contributed by atoms with van der Waals surface area (Å²) in [6.07, 6.45) is 0.809. The lowest BCUT2D eigenvalue weighted by atomic mass is 10.0. The number of hydrazine groups is 1. The first-order valence-corrected chi connectivity index (χ1v) is 7.70. The Kier molecular flexibility index (Phi) is 5.42. The highest BCUT2D eigenvalue weighted by Crippen LogP contribution is 2.30. The zero-order chi connectivity index (χ0) is 14.5. The zero-order valence-electron chi connectivity index (χ0n) is 11.4. The number of ether oxygens (including phenoxy) is 2. The van der Waals surface area contributed by atoms with Gasteiger partial charge in [-0.2, -0.15) is 0 Å². The van der Waals surface area contributed by atoms with Crippen LogP contribution in [0.15, 0.2) is 34.1 Å². The smallest absolute Gasteiger partial charge is 0.122 e. The third-order valence-electron chi connectivity index (χ3n) is 3.01. The van der Waals surface area contributed by atoms with Gasteiger partial charge in [-0.25, -0.2) is 0 Å². The lowest BCUT2D eigenvalue weighted by molar-refractivity contribution is 0.391. The zero-order valence-corrected chi connectivity index (χ0v) is 13.8. The molecule has 1 heterocycles. The lowest BCUT2D eigenvalue weighted by Gasteiger charge is -2.17. The van der Waals surface area contributed by atoms with Crippen molar-refractivity contribution < 1.29 is 9.47 Å². The summed E-state index contributed by atoms with van der Waals surface area (Å²) in [5.41, 5.74) is 3.89. The van der Waals surface area contributed by atoms with Crippen LogP contribution in [0.1, 0.15) is 16.5 Å². The first-order chi connectivity index (χ1) is 9.66. The second kappa shape index (κ2) is 7.08. The van der Waals surface area contributed by atoms with Gasteiger partial charge < -0.3 is 9.47 Å². The fourth-order valence-electron chi connectivity index (χ4n) is 1.97. The van der Waals surface area contributed by atoms with E-state index in [0.29, 0.717) is 0 Å². The number of hydrogen-bond donors (Lipinski definition) is 2. The van der Waals surface area contributed by atoms with Crippen molar-refractivity contribution in [3.8, 4) is 11.5 Å². The molecule has 20 heavy (non-hydrogen) atoms. The molecule has 6 heteroatoms. The molecule has 1 atom stereocenters. The van der Waals surface area contributed by atoms with Crippen molar-refractivity contribution in [3.05, 3.63) is 44.6 Å². The number of nitrogens with one attached hydrogen (secondary N) is 1. The molecule has 0 aliphatic rings. The Bertz CT molecular complexity index is 552. The van der Waals surface area contributed by atoms with Gasteiger partial charge in [0.05, 0.1) is 24.0 Å². The largest absolute Gasteiger partial charge is 0.497 e. The van der Waals surface area contributed by atoms with Crippen LogP contribution in [-0.2, 0) is 6.42 Å². The van der Waals surface area contributed by atoms with E-state index >= 15 is 0 Å². The Morgan fingerprint density at radius 2 is 1.85 bits per heavy atom. The molecule has 1 aromatic carbocycles. The van der Waals surface area contributed by atoms with E-state index in [0.717, 1.165) is 27.3 Å². The number of benzene rings is 1. The minimum atomic E-state index is 0.00421. The van der Waals surface area contributed by atoms with E-state index in [1.54, 1.807) is 25.6 Å². The molecular formula is C14H17BrN2O2S. The van der Waals surface area contributed by atoms with Gasteiger partial charge in [0.1, 0.15) is 11.5 Å². The summed E-state index contributed by atoms with van der Waals surface area (Å²) in [4.78, 5) is 1.25. The summed E-state index contributed by atoms with van der Waals surface area (Å²) in [7, 11) is 3.28. The van der Waals surface area contributed by atoms with Crippen LogP contribution < -0.4 is 20.7 Å². The number of thiophene rings is 1. The van der Waals surface area contributed by atoms with Gasteiger partial charge in [0.2, 0.25) is 0 Å². The maximum absolute atomic E-state index is 5.70. The summed E-state index contributed by atoms with van der Waals surface area (Å²) in [6, 6.07) is 9.92. The molecule has 4 nitrogen and oxygen atoms in total. The maximum Gasteiger partial charge on any atom is 0.122 e. The highest BCUT2D eigenvalue weighted by atomic mass is 79.9. The molecular weight excluding hydrogens is 340 g/mol. The Balaban J connectivity index is 2.26. The van der Waals surface area contributed by atoms with Crippen molar-refractivity contribution in [1.29, 1.82) is 0 Å². The first-order valence-electron chi connectivity index (χ1n) is 6.09. The molecule has 1 unspecified atom stereocenters. The van der Waals surface area contributed by atoms with Crippen molar-refractivity contribution >= 4 is 27.3 Å². The summed E-state index contributed by atoms with van der Waals surface area (Å²) in [5.74, 6) is 7.22. The highest BCUT2D eigenvalue weighted by Gasteiger charge is 2.14. The molecule has 2 aromatic rings. The minimum Gasteiger partial charge on any atom is -0.497 e. The van der Waals surface area contributed by atoms with Crippen LogP contribution in [0.25, 0.3) is 0 Å². The predicted molar refractivity (Wildman–Crippen MR) is 85.3 cm³/mol. The fraction of sp³-hybridized carbons (Fsp3) is 0.286. The summed E-state index contributed by atoms with van der Waals surface area (Å²) >= 11 is 5.18. The number of methoxy groups -OCH3 is 2. The van der Waals surface area contributed by atoms with Crippen LogP contribution in [0.5, 0.6) is 11.5 Å². The van der Waals surface area contributed by atoms with Gasteiger partial charge in [-0.1, -0.05) is 0 Å². The average Bonchev–Trinajstić information content (AvgIpc) is 2.89. The van der Waals surface area contributed by atoms with E-state index in [-0.39, 0.29) is 6.04 Å². The maximum atomic E-state index is 5.70. The molecule has 0 spiro atoms. The monoisotopic (exact) mass is 356 g/mol. The third-order valence-corrected chi connectivity index (χ3v) is 4.66. The van der Waals surface area contributed by atoms with Crippen LogP contribution in [-0.4, -0.2) is 14.2 Å². The van der Waals surface area contributed by atoms with E-state index in [9.17, 15) is 0 Å². The minimum absolute atomic E-state index is 0.00421. The van der Waals surface area contributed by atoms with Crippen LogP contribution in [0.2, 0.25) is 0 Å². The van der Waals surface area contributed by atoms with E-state index in [2.05, 4.69) is 27.4 Å². The molecule has 0 aliphatic carbocycles. The van der Waals surface area contributed by atoms with Gasteiger partial charge in [0, 0.05) is 17.4 Å². The van der Waals surface area contributed by atoms with Crippen LogP contribution in [0, 0.1) is 0 Å². The second-order valence-electron chi connectivity index (χ2n) is 4.28. The van der Waals surface area contributed by atoms with Crippen molar-refractivity contribution in [2.24, 2.45) is 5.84 Å².